The van der Waals surface area contributed by atoms with Gasteiger partial charge in [0.1, 0.15) is 12.6 Å². The molecule has 0 fully saturated rings. The number of hydrogen-bond acceptors (Lipinski definition) is 3. The Labute approximate surface area is 97.5 Å². The van der Waals surface area contributed by atoms with E-state index in [1.54, 1.807) is 13.0 Å². The van der Waals surface area contributed by atoms with E-state index in [9.17, 15) is 13.2 Å². The molecule has 0 aliphatic heterocycles. The van der Waals surface area contributed by atoms with Gasteiger partial charge in [-0.3, -0.25) is 0 Å². The summed E-state index contributed by atoms with van der Waals surface area (Å²) in [5.74, 6) is 0. The SMILES string of the molecule is CCCN(CC(F)(F)F)c1cccnc1C#N. The van der Waals surface area contributed by atoms with Gasteiger partial charge < -0.3 is 4.90 Å². The third-order valence-electron chi connectivity index (χ3n) is 2.10. The highest BCUT2D eigenvalue weighted by molar-refractivity contribution is 5.55. The lowest BCUT2D eigenvalue weighted by Crippen LogP contribution is -2.35. The Morgan fingerprint density at radius 2 is 2.18 bits per heavy atom. The maximum absolute atomic E-state index is 12.4. The fraction of sp³-hybridized carbons (Fsp3) is 0.455. The fourth-order valence-electron chi connectivity index (χ4n) is 1.51. The van der Waals surface area contributed by atoms with Crippen molar-refractivity contribution in [2.75, 3.05) is 18.0 Å². The molecule has 0 saturated heterocycles. The molecule has 0 amide bonds. The summed E-state index contributed by atoms with van der Waals surface area (Å²) in [6.45, 7) is 0.951. The van der Waals surface area contributed by atoms with E-state index in [1.807, 2.05) is 0 Å². The van der Waals surface area contributed by atoms with Crippen LogP contribution in [0.2, 0.25) is 0 Å². The van der Waals surface area contributed by atoms with Crippen molar-refractivity contribution in [2.45, 2.75) is 19.5 Å². The largest absolute Gasteiger partial charge is 0.405 e. The Morgan fingerprint density at radius 3 is 2.71 bits per heavy atom. The first-order valence-corrected chi connectivity index (χ1v) is 5.14. The summed E-state index contributed by atoms with van der Waals surface area (Å²) in [6.07, 6.45) is -2.34. The van der Waals surface area contributed by atoms with Crippen molar-refractivity contribution in [3.05, 3.63) is 24.0 Å². The van der Waals surface area contributed by atoms with Gasteiger partial charge in [-0.1, -0.05) is 6.92 Å². The van der Waals surface area contributed by atoms with Crippen LogP contribution in [0, 0.1) is 11.3 Å². The summed E-state index contributed by atoms with van der Waals surface area (Å²) in [5, 5.41) is 8.81. The van der Waals surface area contributed by atoms with E-state index >= 15 is 0 Å². The smallest absolute Gasteiger partial charge is 0.360 e. The van der Waals surface area contributed by atoms with Gasteiger partial charge in [0.2, 0.25) is 0 Å². The number of nitriles is 1. The molecule has 1 aromatic heterocycles. The first kappa shape index (κ1) is 13.3. The maximum Gasteiger partial charge on any atom is 0.405 e. The zero-order valence-corrected chi connectivity index (χ0v) is 9.33. The van der Waals surface area contributed by atoms with Gasteiger partial charge >= 0.3 is 6.18 Å². The minimum Gasteiger partial charge on any atom is -0.360 e. The molecular formula is C11H12F3N3. The molecule has 0 aromatic carbocycles. The van der Waals surface area contributed by atoms with Crippen molar-refractivity contribution in [3.63, 3.8) is 0 Å². The van der Waals surface area contributed by atoms with Gasteiger partial charge in [-0.05, 0) is 18.6 Å². The first-order chi connectivity index (χ1) is 7.98. The molecule has 0 radical (unpaired) electrons. The van der Waals surface area contributed by atoms with Crippen LogP contribution in [-0.4, -0.2) is 24.2 Å². The summed E-state index contributed by atoms with van der Waals surface area (Å²) in [6, 6.07) is 4.80. The molecule has 0 unspecified atom stereocenters. The molecule has 3 nitrogen and oxygen atoms in total. The van der Waals surface area contributed by atoms with Crippen molar-refractivity contribution in [2.24, 2.45) is 0 Å². The van der Waals surface area contributed by atoms with Gasteiger partial charge in [0.25, 0.3) is 0 Å². The highest BCUT2D eigenvalue weighted by atomic mass is 19.4. The highest BCUT2D eigenvalue weighted by Gasteiger charge is 2.31. The molecule has 17 heavy (non-hydrogen) atoms. The Bertz CT molecular complexity index is 409. The summed E-state index contributed by atoms with van der Waals surface area (Å²) in [7, 11) is 0. The fourth-order valence-corrected chi connectivity index (χ4v) is 1.51. The molecule has 0 N–H and O–H groups in total. The van der Waals surface area contributed by atoms with Crippen molar-refractivity contribution in [3.8, 4) is 6.07 Å². The predicted octanol–water partition coefficient (Wildman–Crippen LogP) is 2.73. The van der Waals surface area contributed by atoms with Crippen LogP contribution in [0.5, 0.6) is 0 Å². The van der Waals surface area contributed by atoms with Crippen molar-refractivity contribution >= 4 is 5.69 Å². The van der Waals surface area contributed by atoms with Crippen molar-refractivity contribution < 1.29 is 13.2 Å². The Kier molecular flexibility index (Phi) is 4.32. The maximum atomic E-state index is 12.4. The minimum absolute atomic E-state index is 0.0187. The molecule has 1 heterocycles. The molecular weight excluding hydrogens is 231 g/mol. The normalized spacial score (nSPS) is 11.0. The van der Waals surface area contributed by atoms with Crippen LogP contribution >= 0.6 is 0 Å². The van der Waals surface area contributed by atoms with Crippen molar-refractivity contribution in [1.82, 2.24) is 4.98 Å². The lowest BCUT2D eigenvalue weighted by molar-refractivity contribution is -0.119. The monoisotopic (exact) mass is 243 g/mol. The van der Waals surface area contributed by atoms with E-state index < -0.39 is 12.7 Å². The molecule has 0 atom stereocenters. The van der Waals surface area contributed by atoms with Crippen LogP contribution in [0.25, 0.3) is 0 Å². The molecule has 0 aliphatic carbocycles. The van der Waals surface area contributed by atoms with Gasteiger partial charge in [0.15, 0.2) is 5.69 Å². The molecule has 1 rings (SSSR count). The van der Waals surface area contributed by atoms with Gasteiger partial charge in [0, 0.05) is 12.7 Å². The Hall–Kier alpha value is -1.77. The molecule has 6 heteroatoms. The molecule has 1 aromatic rings. The molecule has 0 bridgehead atoms. The molecule has 0 aliphatic rings. The van der Waals surface area contributed by atoms with Crippen LogP contribution in [-0.2, 0) is 0 Å². The van der Waals surface area contributed by atoms with Gasteiger partial charge in [-0.2, -0.15) is 18.4 Å². The zero-order chi connectivity index (χ0) is 12.9. The number of halogens is 3. The topological polar surface area (TPSA) is 39.9 Å². The van der Waals surface area contributed by atoms with Crippen LogP contribution in [0.4, 0.5) is 18.9 Å². The summed E-state index contributed by atoms with van der Waals surface area (Å²) in [5.41, 5.74) is 0.249. The number of rotatable bonds is 4. The second-order valence-corrected chi connectivity index (χ2v) is 3.52. The number of anilines is 1. The third kappa shape index (κ3) is 3.94. The average Bonchev–Trinajstić information content (AvgIpc) is 2.27. The van der Waals surface area contributed by atoms with Crippen LogP contribution in [0.1, 0.15) is 19.0 Å². The average molecular weight is 243 g/mol. The van der Waals surface area contributed by atoms with E-state index in [2.05, 4.69) is 4.98 Å². The van der Waals surface area contributed by atoms with E-state index in [4.69, 9.17) is 5.26 Å². The minimum atomic E-state index is -4.29. The lowest BCUT2D eigenvalue weighted by atomic mass is 10.2. The van der Waals surface area contributed by atoms with E-state index in [0.29, 0.717) is 6.42 Å². The van der Waals surface area contributed by atoms with Gasteiger partial charge in [-0.25, -0.2) is 4.98 Å². The molecule has 0 saturated carbocycles. The number of alkyl halides is 3. The quantitative estimate of drug-likeness (QED) is 0.816. The number of pyridine rings is 1. The highest BCUT2D eigenvalue weighted by Crippen LogP contribution is 2.23. The predicted molar refractivity (Wildman–Crippen MR) is 57.5 cm³/mol. The van der Waals surface area contributed by atoms with E-state index in [-0.39, 0.29) is 17.9 Å². The van der Waals surface area contributed by atoms with E-state index in [0.717, 1.165) is 4.90 Å². The molecule has 92 valence electrons. The second kappa shape index (κ2) is 5.53. The van der Waals surface area contributed by atoms with Gasteiger partial charge in [0.05, 0.1) is 5.69 Å². The second-order valence-electron chi connectivity index (χ2n) is 3.52. The number of aromatic nitrogens is 1. The van der Waals surface area contributed by atoms with E-state index in [1.165, 1.54) is 18.3 Å². The van der Waals surface area contributed by atoms with Gasteiger partial charge in [-0.15, -0.1) is 0 Å². The van der Waals surface area contributed by atoms with Crippen LogP contribution < -0.4 is 4.90 Å². The third-order valence-corrected chi connectivity index (χ3v) is 2.10. The lowest BCUT2D eigenvalue weighted by Gasteiger charge is -2.25. The number of nitrogens with zero attached hydrogens (tertiary/aromatic N) is 3. The van der Waals surface area contributed by atoms with Crippen LogP contribution in [0.3, 0.4) is 0 Å². The van der Waals surface area contributed by atoms with Crippen molar-refractivity contribution in [1.29, 1.82) is 5.26 Å². The standard InChI is InChI=1S/C11H12F3N3/c1-2-6-17(8-11(12,13)14)10-4-3-5-16-9(10)7-15/h3-5H,2,6,8H2,1H3. The first-order valence-electron chi connectivity index (χ1n) is 5.14. The summed E-state index contributed by atoms with van der Waals surface area (Å²) in [4.78, 5) is 4.89. The molecule has 0 spiro atoms. The Balaban J connectivity index is 3.01. The summed E-state index contributed by atoms with van der Waals surface area (Å²) >= 11 is 0. The number of hydrogen-bond donors (Lipinski definition) is 0. The summed E-state index contributed by atoms with van der Waals surface area (Å²) < 4.78 is 37.2. The Morgan fingerprint density at radius 1 is 1.47 bits per heavy atom. The van der Waals surface area contributed by atoms with Crippen LogP contribution in [0.15, 0.2) is 18.3 Å². The zero-order valence-electron chi connectivity index (χ0n) is 9.33.